The fourth-order valence-electron chi connectivity index (χ4n) is 2.01. The van der Waals surface area contributed by atoms with Crippen LogP contribution in [0, 0.1) is 0 Å². The minimum atomic E-state index is -0.837. The molecule has 18 heavy (non-hydrogen) atoms. The minimum absolute atomic E-state index is 0.0672. The highest BCUT2D eigenvalue weighted by atomic mass is 16.4. The first kappa shape index (κ1) is 14.3. The zero-order chi connectivity index (χ0) is 13.5. The molecule has 0 aliphatic heterocycles. The molecule has 0 saturated heterocycles. The predicted molar refractivity (Wildman–Crippen MR) is 68.3 cm³/mol. The van der Waals surface area contributed by atoms with Gasteiger partial charge in [-0.15, -0.1) is 0 Å². The van der Waals surface area contributed by atoms with E-state index in [1.54, 1.807) is 0 Å². The first-order chi connectivity index (χ1) is 8.52. The zero-order valence-corrected chi connectivity index (χ0v) is 10.8. The van der Waals surface area contributed by atoms with Crippen LogP contribution in [-0.4, -0.2) is 27.6 Å². The Bertz CT molecular complexity index is 412. The Kier molecular flexibility index (Phi) is 5.42. The maximum atomic E-state index is 11.1. The van der Waals surface area contributed by atoms with E-state index in [0.717, 1.165) is 12.2 Å². The fourth-order valence-corrected chi connectivity index (χ4v) is 2.01. The number of carbonyl (C=O) groups is 2. The summed E-state index contributed by atoms with van der Waals surface area (Å²) in [6.45, 7) is 4.37. The Morgan fingerprint density at radius 3 is 2.78 bits per heavy atom. The van der Waals surface area contributed by atoms with Gasteiger partial charge >= 0.3 is 5.97 Å². The molecule has 5 heteroatoms. The molecule has 0 aliphatic carbocycles. The summed E-state index contributed by atoms with van der Waals surface area (Å²) in [5, 5.41) is 11.5. The van der Waals surface area contributed by atoms with Gasteiger partial charge in [0.05, 0.1) is 0 Å². The van der Waals surface area contributed by atoms with Crippen LogP contribution in [0.1, 0.15) is 32.4 Å². The van der Waals surface area contributed by atoms with Crippen LogP contribution < -0.4 is 5.32 Å². The standard InChI is InChI=1S/C13H20N2O3/c1-3-15-8-4-5-12(15)9-11(14-10(2)16)6-7-13(17)18/h4-5,8,11H,3,6-7,9H2,1-2H3,(H,14,16)(H,17,18). The van der Waals surface area contributed by atoms with Gasteiger partial charge in [-0.2, -0.15) is 0 Å². The summed E-state index contributed by atoms with van der Waals surface area (Å²) in [5.41, 5.74) is 1.11. The smallest absolute Gasteiger partial charge is 0.303 e. The molecule has 2 N–H and O–H groups in total. The van der Waals surface area contributed by atoms with Crippen LogP contribution in [0.4, 0.5) is 0 Å². The molecule has 1 aromatic rings. The largest absolute Gasteiger partial charge is 0.481 e. The van der Waals surface area contributed by atoms with Crippen molar-refractivity contribution in [2.24, 2.45) is 0 Å². The molecular formula is C13H20N2O3. The number of aliphatic carboxylic acids is 1. The van der Waals surface area contributed by atoms with Crippen molar-refractivity contribution in [1.82, 2.24) is 9.88 Å². The van der Waals surface area contributed by atoms with Crippen LogP contribution in [0.2, 0.25) is 0 Å². The summed E-state index contributed by atoms with van der Waals surface area (Å²) in [7, 11) is 0. The fraction of sp³-hybridized carbons (Fsp3) is 0.538. The number of carbonyl (C=O) groups excluding carboxylic acids is 1. The lowest BCUT2D eigenvalue weighted by atomic mass is 10.1. The minimum Gasteiger partial charge on any atom is -0.481 e. The number of aryl methyl sites for hydroxylation is 1. The highest BCUT2D eigenvalue weighted by Gasteiger charge is 2.14. The van der Waals surface area contributed by atoms with Crippen molar-refractivity contribution in [3.05, 3.63) is 24.0 Å². The van der Waals surface area contributed by atoms with Gasteiger partial charge in [-0.25, -0.2) is 0 Å². The van der Waals surface area contributed by atoms with Gasteiger partial charge in [0.15, 0.2) is 0 Å². The van der Waals surface area contributed by atoms with Crippen LogP contribution in [-0.2, 0) is 22.6 Å². The van der Waals surface area contributed by atoms with Gasteiger partial charge in [-0.05, 0) is 25.5 Å². The highest BCUT2D eigenvalue weighted by Crippen LogP contribution is 2.09. The zero-order valence-electron chi connectivity index (χ0n) is 10.8. The van der Waals surface area contributed by atoms with Crippen molar-refractivity contribution in [3.8, 4) is 0 Å². The quantitative estimate of drug-likeness (QED) is 0.771. The van der Waals surface area contributed by atoms with Crippen LogP contribution in [0.3, 0.4) is 0 Å². The van der Waals surface area contributed by atoms with E-state index in [4.69, 9.17) is 5.11 Å². The SMILES string of the molecule is CCn1cccc1CC(CCC(=O)O)NC(C)=O. The number of hydrogen-bond acceptors (Lipinski definition) is 2. The van der Waals surface area contributed by atoms with Crippen molar-refractivity contribution >= 4 is 11.9 Å². The van der Waals surface area contributed by atoms with E-state index in [-0.39, 0.29) is 18.4 Å². The van der Waals surface area contributed by atoms with Crippen LogP contribution in [0.25, 0.3) is 0 Å². The number of aromatic nitrogens is 1. The lowest BCUT2D eigenvalue weighted by molar-refractivity contribution is -0.137. The highest BCUT2D eigenvalue weighted by molar-refractivity contribution is 5.73. The summed E-state index contributed by atoms with van der Waals surface area (Å²) >= 11 is 0. The second-order valence-corrected chi connectivity index (χ2v) is 4.32. The maximum Gasteiger partial charge on any atom is 0.303 e. The third-order valence-electron chi connectivity index (χ3n) is 2.83. The third-order valence-corrected chi connectivity index (χ3v) is 2.83. The molecule has 1 amide bonds. The number of hydrogen-bond donors (Lipinski definition) is 2. The Labute approximate surface area is 107 Å². The maximum absolute atomic E-state index is 11.1. The molecule has 0 fully saturated rings. The number of carboxylic acid groups (broad SMARTS) is 1. The predicted octanol–water partition coefficient (Wildman–Crippen LogP) is 1.42. The molecule has 1 heterocycles. The number of rotatable bonds is 7. The Morgan fingerprint density at radius 2 is 2.22 bits per heavy atom. The van der Waals surface area contributed by atoms with E-state index in [1.165, 1.54) is 6.92 Å². The lowest BCUT2D eigenvalue weighted by Gasteiger charge is -2.18. The van der Waals surface area contributed by atoms with E-state index < -0.39 is 5.97 Å². The molecule has 1 atom stereocenters. The molecule has 0 aliphatic rings. The molecular weight excluding hydrogens is 232 g/mol. The Morgan fingerprint density at radius 1 is 1.50 bits per heavy atom. The molecule has 1 aromatic heterocycles. The normalized spacial score (nSPS) is 12.1. The van der Waals surface area contributed by atoms with Gasteiger partial charge in [-0.3, -0.25) is 9.59 Å². The van der Waals surface area contributed by atoms with Crippen molar-refractivity contribution in [3.63, 3.8) is 0 Å². The first-order valence-corrected chi connectivity index (χ1v) is 6.15. The number of amides is 1. The summed E-state index contributed by atoms with van der Waals surface area (Å²) in [5.74, 6) is -0.962. The van der Waals surface area contributed by atoms with Crippen LogP contribution >= 0.6 is 0 Å². The van der Waals surface area contributed by atoms with Gasteiger partial charge < -0.3 is 15.0 Å². The molecule has 0 saturated carbocycles. The summed E-state index contributed by atoms with van der Waals surface area (Å²) in [4.78, 5) is 21.7. The Hall–Kier alpha value is -1.78. The monoisotopic (exact) mass is 252 g/mol. The van der Waals surface area contributed by atoms with E-state index in [2.05, 4.69) is 9.88 Å². The van der Waals surface area contributed by atoms with E-state index >= 15 is 0 Å². The number of carboxylic acids is 1. The number of nitrogens with one attached hydrogen (secondary N) is 1. The average Bonchev–Trinajstić information content (AvgIpc) is 2.72. The van der Waals surface area contributed by atoms with Gasteiger partial charge in [0.25, 0.3) is 0 Å². The van der Waals surface area contributed by atoms with Gasteiger partial charge in [0.2, 0.25) is 5.91 Å². The summed E-state index contributed by atoms with van der Waals surface area (Å²) < 4.78 is 2.09. The third kappa shape index (κ3) is 4.61. The molecule has 0 spiro atoms. The van der Waals surface area contributed by atoms with Crippen LogP contribution in [0.5, 0.6) is 0 Å². The molecule has 0 bridgehead atoms. The van der Waals surface area contributed by atoms with Gasteiger partial charge in [0, 0.05) is 44.2 Å². The van der Waals surface area contributed by atoms with Gasteiger partial charge in [-0.1, -0.05) is 0 Å². The molecule has 5 nitrogen and oxygen atoms in total. The summed E-state index contributed by atoms with van der Waals surface area (Å²) in [6, 6.07) is 3.83. The Balaban J connectivity index is 2.65. The average molecular weight is 252 g/mol. The molecule has 100 valence electrons. The van der Waals surface area contributed by atoms with Crippen molar-refractivity contribution in [2.75, 3.05) is 0 Å². The first-order valence-electron chi connectivity index (χ1n) is 6.15. The topological polar surface area (TPSA) is 71.3 Å². The second-order valence-electron chi connectivity index (χ2n) is 4.32. The van der Waals surface area contributed by atoms with Crippen molar-refractivity contribution in [2.45, 2.75) is 45.7 Å². The van der Waals surface area contributed by atoms with E-state index in [0.29, 0.717) is 12.8 Å². The van der Waals surface area contributed by atoms with Crippen LogP contribution in [0.15, 0.2) is 18.3 Å². The van der Waals surface area contributed by atoms with E-state index in [1.807, 2.05) is 25.3 Å². The van der Waals surface area contributed by atoms with Crippen molar-refractivity contribution in [1.29, 1.82) is 0 Å². The molecule has 0 radical (unpaired) electrons. The van der Waals surface area contributed by atoms with Gasteiger partial charge in [0.1, 0.15) is 0 Å². The number of nitrogens with zero attached hydrogens (tertiary/aromatic N) is 1. The summed E-state index contributed by atoms with van der Waals surface area (Å²) in [6.07, 6.45) is 3.16. The van der Waals surface area contributed by atoms with Crippen molar-refractivity contribution < 1.29 is 14.7 Å². The molecule has 1 rings (SSSR count). The molecule has 0 aromatic carbocycles. The lowest BCUT2D eigenvalue weighted by Crippen LogP contribution is -2.35. The van der Waals surface area contributed by atoms with E-state index in [9.17, 15) is 9.59 Å². The molecule has 1 unspecified atom stereocenters. The second kappa shape index (κ2) is 6.83.